The van der Waals surface area contributed by atoms with Crippen molar-refractivity contribution in [2.45, 2.75) is 9.79 Å². The van der Waals surface area contributed by atoms with Crippen molar-refractivity contribution in [3.8, 4) is 6.07 Å². The second kappa shape index (κ2) is 6.13. The molecule has 0 aromatic heterocycles. The monoisotopic (exact) mass is 268 g/mol. The fourth-order valence-electron chi connectivity index (χ4n) is 1.38. The van der Waals surface area contributed by atoms with Gasteiger partial charge in [0.25, 0.3) is 0 Å². The molecule has 0 unspecified atom stereocenters. The third-order valence-electron chi connectivity index (χ3n) is 2.23. The predicted molar refractivity (Wildman–Crippen MR) is 76.4 cm³/mol. The molecule has 0 saturated heterocycles. The molecule has 2 nitrogen and oxygen atoms in total. The molecule has 0 N–H and O–H groups in total. The number of nitrogens with zero attached hydrogens (tertiary/aromatic N) is 2. The lowest BCUT2D eigenvalue weighted by Gasteiger charge is -2.01. The second-order valence-electron chi connectivity index (χ2n) is 3.44. The van der Waals surface area contributed by atoms with Crippen molar-refractivity contribution in [1.82, 2.24) is 0 Å². The van der Waals surface area contributed by atoms with Gasteiger partial charge in [0.15, 0.2) is 0 Å². The van der Waals surface area contributed by atoms with E-state index in [4.69, 9.17) is 5.26 Å². The Kier molecular flexibility index (Phi) is 4.27. The zero-order chi connectivity index (χ0) is 12.8. The van der Waals surface area contributed by atoms with Gasteiger partial charge in [-0.3, -0.25) is 0 Å². The van der Waals surface area contributed by atoms with Crippen LogP contribution >= 0.6 is 24.0 Å². The highest BCUT2D eigenvalue weighted by Crippen LogP contribution is 2.29. The third-order valence-corrected chi connectivity index (χ3v) is 3.34. The summed E-state index contributed by atoms with van der Waals surface area (Å²) in [5.41, 5.74) is 1.47. The van der Waals surface area contributed by atoms with E-state index in [1.807, 2.05) is 48.5 Å². The summed E-state index contributed by atoms with van der Waals surface area (Å²) in [6.45, 7) is 0. The van der Waals surface area contributed by atoms with E-state index in [-0.39, 0.29) is 0 Å². The first-order valence-corrected chi connectivity index (χ1v) is 6.40. The van der Waals surface area contributed by atoms with Gasteiger partial charge in [-0.2, -0.15) is 10.3 Å². The topological polar surface area (TPSA) is 36.1 Å². The van der Waals surface area contributed by atoms with Gasteiger partial charge in [-0.05, 0) is 60.7 Å². The lowest BCUT2D eigenvalue weighted by molar-refractivity contribution is 1.38. The van der Waals surface area contributed by atoms with Crippen LogP contribution in [0.4, 0.5) is 5.69 Å². The van der Waals surface area contributed by atoms with E-state index < -0.39 is 0 Å². The Labute approximate surface area is 115 Å². The summed E-state index contributed by atoms with van der Waals surface area (Å²) in [4.78, 5) is 6.11. The number of hydrogen-bond donors (Lipinski definition) is 0. The van der Waals surface area contributed by atoms with Gasteiger partial charge in [0.1, 0.15) is 0 Å². The molecule has 0 atom stereocenters. The highest BCUT2D eigenvalue weighted by Gasteiger charge is 1.98. The van der Waals surface area contributed by atoms with Gasteiger partial charge in [0.05, 0.1) is 22.5 Å². The number of aliphatic imine (C=N–C) groups is 1. The molecule has 0 aliphatic heterocycles. The second-order valence-corrected chi connectivity index (χ2v) is 4.76. The normalized spacial score (nSPS) is 9.28. The molecule has 0 fully saturated rings. The van der Waals surface area contributed by atoms with Crippen molar-refractivity contribution in [3.63, 3.8) is 0 Å². The molecule has 0 spiro atoms. The SMILES string of the molecule is N#Cc1ccc(Sc2ccc(N=C=S)cc2)cc1. The van der Waals surface area contributed by atoms with E-state index >= 15 is 0 Å². The van der Waals surface area contributed by atoms with Crippen LogP contribution in [-0.4, -0.2) is 5.16 Å². The molecule has 0 saturated carbocycles. The average Bonchev–Trinajstić information content (AvgIpc) is 2.42. The first-order chi connectivity index (χ1) is 8.81. The summed E-state index contributed by atoms with van der Waals surface area (Å²) in [5.74, 6) is 0. The van der Waals surface area contributed by atoms with Gasteiger partial charge in [-0.1, -0.05) is 11.8 Å². The number of hydrogen-bond acceptors (Lipinski definition) is 4. The Bertz CT molecular complexity index is 618. The standard InChI is InChI=1S/C14H8N2S2/c15-9-11-1-5-13(6-2-11)18-14-7-3-12(4-8-14)16-10-17/h1-8H. The van der Waals surface area contributed by atoms with E-state index in [1.165, 1.54) is 0 Å². The Hall–Kier alpha value is -1.92. The van der Waals surface area contributed by atoms with E-state index in [2.05, 4.69) is 28.4 Å². The highest BCUT2D eigenvalue weighted by atomic mass is 32.2. The maximum Gasteiger partial charge on any atom is 0.0991 e. The van der Waals surface area contributed by atoms with Crippen LogP contribution in [-0.2, 0) is 0 Å². The van der Waals surface area contributed by atoms with Gasteiger partial charge in [0.2, 0.25) is 0 Å². The Morgan fingerprint density at radius 3 is 2.00 bits per heavy atom. The lowest BCUT2D eigenvalue weighted by Crippen LogP contribution is -1.75. The molecule has 2 aromatic rings. The number of thiocarbonyl (C=S) groups is 1. The van der Waals surface area contributed by atoms with E-state index in [1.54, 1.807) is 11.8 Å². The van der Waals surface area contributed by atoms with Gasteiger partial charge < -0.3 is 0 Å². The van der Waals surface area contributed by atoms with Crippen LogP contribution in [0.25, 0.3) is 0 Å². The largest absolute Gasteiger partial charge is 0.195 e. The third kappa shape index (κ3) is 3.28. The van der Waals surface area contributed by atoms with Crippen LogP contribution in [0.15, 0.2) is 63.3 Å². The molecule has 0 radical (unpaired) electrons. The van der Waals surface area contributed by atoms with Crippen LogP contribution in [0.2, 0.25) is 0 Å². The molecule has 0 bridgehead atoms. The fraction of sp³-hybridized carbons (Fsp3) is 0. The summed E-state index contributed by atoms with van der Waals surface area (Å²) in [5, 5.41) is 11.1. The number of nitriles is 1. The lowest BCUT2D eigenvalue weighted by atomic mass is 10.2. The van der Waals surface area contributed by atoms with Crippen molar-refractivity contribution in [3.05, 3.63) is 54.1 Å². The minimum absolute atomic E-state index is 0.671. The van der Waals surface area contributed by atoms with Gasteiger partial charge in [-0.25, -0.2) is 0 Å². The van der Waals surface area contributed by atoms with Crippen molar-refractivity contribution >= 4 is 34.8 Å². The zero-order valence-electron chi connectivity index (χ0n) is 9.33. The molecule has 0 amide bonds. The fourth-order valence-corrected chi connectivity index (χ4v) is 2.30. The first kappa shape index (κ1) is 12.5. The van der Waals surface area contributed by atoms with E-state index in [0.29, 0.717) is 5.56 Å². The molecular formula is C14H8N2S2. The van der Waals surface area contributed by atoms with Gasteiger partial charge >= 0.3 is 0 Å². The first-order valence-electron chi connectivity index (χ1n) is 5.18. The number of rotatable bonds is 3. The molecule has 2 aromatic carbocycles. The highest BCUT2D eigenvalue weighted by molar-refractivity contribution is 7.99. The summed E-state index contributed by atoms with van der Waals surface area (Å²) in [6, 6.07) is 17.3. The smallest absolute Gasteiger partial charge is 0.0991 e. The Balaban J connectivity index is 2.13. The minimum atomic E-state index is 0.671. The number of isothiocyanates is 1. The van der Waals surface area contributed by atoms with Crippen LogP contribution in [0, 0.1) is 11.3 Å². The molecule has 86 valence electrons. The van der Waals surface area contributed by atoms with Crippen molar-refractivity contribution < 1.29 is 0 Å². The Morgan fingerprint density at radius 1 is 0.944 bits per heavy atom. The summed E-state index contributed by atoms with van der Waals surface area (Å²) >= 11 is 6.18. The number of benzene rings is 2. The quantitative estimate of drug-likeness (QED) is 0.609. The van der Waals surface area contributed by atoms with Crippen molar-refractivity contribution in [2.24, 2.45) is 4.99 Å². The molecular weight excluding hydrogens is 260 g/mol. The zero-order valence-corrected chi connectivity index (χ0v) is 11.0. The molecule has 0 aliphatic rings. The van der Waals surface area contributed by atoms with Crippen LogP contribution in [0.1, 0.15) is 5.56 Å². The molecule has 18 heavy (non-hydrogen) atoms. The van der Waals surface area contributed by atoms with Crippen LogP contribution in [0.3, 0.4) is 0 Å². The van der Waals surface area contributed by atoms with Crippen LogP contribution < -0.4 is 0 Å². The van der Waals surface area contributed by atoms with Crippen molar-refractivity contribution in [2.75, 3.05) is 0 Å². The minimum Gasteiger partial charge on any atom is -0.195 e. The maximum absolute atomic E-state index is 8.72. The average molecular weight is 268 g/mol. The van der Waals surface area contributed by atoms with Gasteiger partial charge in [-0.15, -0.1) is 0 Å². The Morgan fingerprint density at radius 2 is 1.50 bits per heavy atom. The predicted octanol–water partition coefficient (Wildman–Crippen LogP) is 4.44. The van der Waals surface area contributed by atoms with Gasteiger partial charge in [0, 0.05) is 9.79 Å². The van der Waals surface area contributed by atoms with Crippen LogP contribution in [0.5, 0.6) is 0 Å². The van der Waals surface area contributed by atoms with E-state index in [9.17, 15) is 0 Å². The molecule has 0 heterocycles. The van der Waals surface area contributed by atoms with E-state index in [0.717, 1.165) is 15.5 Å². The van der Waals surface area contributed by atoms with Crippen molar-refractivity contribution in [1.29, 1.82) is 5.26 Å². The molecule has 0 aliphatic carbocycles. The molecule has 2 rings (SSSR count). The summed E-state index contributed by atoms with van der Waals surface area (Å²) in [7, 11) is 0. The summed E-state index contributed by atoms with van der Waals surface area (Å²) < 4.78 is 0. The maximum atomic E-state index is 8.72. The summed E-state index contributed by atoms with van der Waals surface area (Å²) in [6.07, 6.45) is 0. The molecule has 4 heteroatoms.